The van der Waals surface area contributed by atoms with Crippen LogP contribution in [-0.2, 0) is 9.63 Å². The lowest BCUT2D eigenvalue weighted by molar-refractivity contribution is -0.120. The van der Waals surface area contributed by atoms with Crippen LogP contribution in [0.1, 0.15) is 23.9 Å². The van der Waals surface area contributed by atoms with Gasteiger partial charge in [-0.2, -0.15) is 5.10 Å². The van der Waals surface area contributed by atoms with Gasteiger partial charge in [0.25, 0.3) is 5.91 Å². The fourth-order valence-corrected chi connectivity index (χ4v) is 1.74. The van der Waals surface area contributed by atoms with Gasteiger partial charge in [0.05, 0.1) is 24.2 Å². The number of anilines is 1. The highest BCUT2D eigenvalue weighted by Gasteiger charge is 2.07. The summed E-state index contributed by atoms with van der Waals surface area (Å²) in [6, 6.07) is 7.36. The number of nitrogens with zero attached hydrogens (tertiary/aromatic N) is 4. The fraction of sp³-hybridized carbons (Fsp3) is 0.312. The molecular formula is C16H19N5O3. The van der Waals surface area contributed by atoms with Crippen molar-refractivity contribution in [2.45, 2.75) is 20.8 Å². The Morgan fingerprint density at radius 3 is 2.50 bits per heavy atom. The number of carbonyl (C=O) groups is 1. The zero-order valence-electron chi connectivity index (χ0n) is 14.0. The van der Waals surface area contributed by atoms with E-state index in [0.29, 0.717) is 17.1 Å². The molecule has 0 saturated carbocycles. The van der Waals surface area contributed by atoms with E-state index in [-0.39, 0.29) is 12.6 Å². The van der Waals surface area contributed by atoms with Gasteiger partial charge in [-0.25, -0.2) is 4.98 Å². The van der Waals surface area contributed by atoms with Crippen LogP contribution >= 0.6 is 0 Å². The number of hydrogen-bond donors (Lipinski definition) is 1. The molecule has 0 aliphatic heterocycles. The lowest BCUT2D eigenvalue weighted by atomic mass is 10.1. The van der Waals surface area contributed by atoms with Crippen LogP contribution in [0, 0.1) is 13.8 Å². The van der Waals surface area contributed by atoms with Crippen LogP contribution in [0.3, 0.4) is 0 Å². The highest BCUT2D eigenvalue weighted by molar-refractivity contribution is 5.98. The summed E-state index contributed by atoms with van der Waals surface area (Å²) >= 11 is 0. The van der Waals surface area contributed by atoms with Gasteiger partial charge in [0.2, 0.25) is 5.95 Å². The molecule has 0 spiro atoms. The monoisotopic (exact) mass is 329 g/mol. The lowest BCUT2D eigenvalue weighted by Gasteiger charge is -2.05. The predicted octanol–water partition coefficient (Wildman–Crippen LogP) is 1.88. The second kappa shape index (κ2) is 8.00. The molecule has 0 fully saturated rings. The van der Waals surface area contributed by atoms with E-state index in [4.69, 9.17) is 9.57 Å². The van der Waals surface area contributed by atoms with Crippen molar-refractivity contribution < 1.29 is 14.4 Å². The number of nitrogens with one attached hydrogen (secondary N) is 1. The van der Waals surface area contributed by atoms with Gasteiger partial charge in [0.1, 0.15) is 5.75 Å². The second-order valence-electron chi connectivity index (χ2n) is 5.03. The molecule has 0 unspecified atom stereocenters. The van der Waals surface area contributed by atoms with Crippen LogP contribution < -0.4 is 10.1 Å². The molecule has 2 rings (SSSR count). The van der Waals surface area contributed by atoms with E-state index in [0.717, 1.165) is 11.3 Å². The molecule has 0 aliphatic carbocycles. The molecule has 1 N–H and O–H groups in total. The molecule has 2 aromatic rings. The molecule has 0 aliphatic rings. The molecule has 1 aromatic heterocycles. The number of amides is 1. The number of benzene rings is 1. The number of hydrogen-bond acceptors (Lipinski definition) is 7. The zero-order valence-corrected chi connectivity index (χ0v) is 14.0. The third-order valence-corrected chi connectivity index (χ3v) is 3.25. The molecule has 0 saturated heterocycles. The molecule has 24 heavy (non-hydrogen) atoms. The Balaban J connectivity index is 1.87. The minimum Gasteiger partial charge on any atom is -0.497 e. The summed E-state index contributed by atoms with van der Waals surface area (Å²) in [7, 11) is 1.60. The first-order chi connectivity index (χ1) is 11.5. The summed E-state index contributed by atoms with van der Waals surface area (Å²) in [5, 5.41) is 14.1. The van der Waals surface area contributed by atoms with Crippen LogP contribution in [0.25, 0.3) is 0 Å². The van der Waals surface area contributed by atoms with Crippen molar-refractivity contribution in [2.75, 3.05) is 19.0 Å². The van der Waals surface area contributed by atoms with Gasteiger partial charge in [-0.3, -0.25) is 10.1 Å². The highest BCUT2D eigenvalue weighted by atomic mass is 16.6. The summed E-state index contributed by atoms with van der Waals surface area (Å²) in [5.74, 6) is 0.489. The molecule has 1 amide bonds. The Morgan fingerprint density at radius 1 is 1.17 bits per heavy atom. The van der Waals surface area contributed by atoms with E-state index in [2.05, 4.69) is 25.7 Å². The smallest absolute Gasteiger partial charge is 0.267 e. The van der Waals surface area contributed by atoms with Gasteiger partial charge < -0.3 is 9.57 Å². The Hall–Kier alpha value is -3.03. The second-order valence-corrected chi connectivity index (χ2v) is 5.03. The standard InChI is InChI=1S/C16H19N5O3/c1-10-11(2)19-20-16(17-10)18-15(22)9-24-21-12(3)13-5-7-14(23-4)8-6-13/h5-8H,9H2,1-4H3,(H,17,18,20,22)/b21-12-. The Kier molecular flexibility index (Phi) is 5.78. The molecule has 126 valence electrons. The quantitative estimate of drug-likeness (QED) is 0.642. The maximum Gasteiger partial charge on any atom is 0.267 e. The normalized spacial score (nSPS) is 11.1. The summed E-state index contributed by atoms with van der Waals surface area (Å²) in [6.07, 6.45) is 0. The third kappa shape index (κ3) is 4.73. The summed E-state index contributed by atoms with van der Waals surface area (Å²) in [4.78, 5) is 21.0. The minimum atomic E-state index is -0.411. The van der Waals surface area contributed by atoms with Gasteiger partial charge in [-0.05, 0) is 50.6 Å². The Labute approximate surface area is 139 Å². The number of aromatic nitrogens is 3. The molecule has 1 aromatic carbocycles. The van der Waals surface area contributed by atoms with Crippen molar-refractivity contribution in [2.24, 2.45) is 5.16 Å². The molecular weight excluding hydrogens is 310 g/mol. The van der Waals surface area contributed by atoms with Crippen molar-refractivity contribution in [3.63, 3.8) is 0 Å². The fourth-order valence-electron chi connectivity index (χ4n) is 1.74. The number of aryl methyl sites for hydroxylation is 2. The van der Waals surface area contributed by atoms with Gasteiger partial charge in [-0.15, -0.1) is 5.10 Å². The summed E-state index contributed by atoms with van der Waals surface area (Å²) < 4.78 is 5.09. The van der Waals surface area contributed by atoms with Gasteiger partial charge in [0, 0.05) is 0 Å². The summed E-state index contributed by atoms with van der Waals surface area (Å²) in [6.45, 7) is 5.12. The van der Waals surface area contributed by atoms with Crippen LogP contribution in [0.2, 0.25) is 0 Å². The van der Waals surface area contributed by atoms with Gasteiger partial charge in [0.15, 0.2) is 6.61 Å². The number of rotatable bonds is 6. The summed E-state index contributed by atoms with van der Waals surface area (Å²) in [5.41, 5.74) is 2.94. The number of carbonyl (C=O) groups excluding carboxylic acids is 1. The largest absolute Gasteiger partial charge is 0.497 e. The van der Waals surface area contributed by atoms with Crippen LogP contribution in [0.15, 0.2) is 29.4 Å². The highest BCUT2D eigenvalue weighted by Crippen LogP contribution is 2.12. The first-order valence-electron chi connectivity index (χ1n) is 7.28. The Bertz CT molecular complexity index is 744. The van der Waals surface area contributed by atoms with Crippen molar-refractivity contribution in [1.29, 1.82) is 0 Å². The molecule has 1 heterocycles. The van der Waals surface area contributed by atoms with Crippen LogP contribution in [0.4, 0.5) is 5.95 Å². The molecule has 0 bridgehead atoms. The molecule has 8 nitrogen and oxygen atoms in total. The SMILES string of the molecule is COc1ccc(/C(C)=N\OCC(=O)Nc2nnc(C)c(C)n2)cc1. The number of oxime groups is 1. The van der Waals surface area contributed by atoms with E-state index in [1.807, 2.05) is 24.3 Å². The maximum absolute atomic E-state index is 11.8. The molecule has 0 radical (unpaired) electrons. The van der Waals surface area contributed by atoms with E-state index in [1.54, 1.807) is 27.9 Å². The predicted molar refractivity (Wildman–Crippen MR) is 89.1 cm³/mol. The third-order valence-electron chi connectivity index (χ3n) is 3.25. The van der Waals surface area contributed by atoms with E-state index in [1.165, 1.54) is 0 Å². The average Bonchev–Trinajstić information content (AvgIpc) is 2.58. The average molecular weight is 329 g/mol. The van der Waals surface area contributed by atoms with E-state index in [9.17, 15) is 4.79 Å². The number of ether oxygens (including phenoxy) is 1. The molecule has 8 heteroatoms. The van der Waals surface area contributed by atoms with Gasteiger partial charge >= 0.3 is 0 Å². The number of methoxy groups -OCH3 is 1. The zero-order chi connectivity index (χ0) is 17.5. The van der Waals surface area contributed by atoms with Crippen LogP contribution in [0.5, 0.6) is 5.75 Å². The lowest BCUT2D eigenvalue weighted by Crippen LogP contribution is -2.20. The Morgan fingerprint density at radius 2 is 1.88 bits per heavy atom. The van der Waals surface area contributed by atoms with Crippen LogP contribution in [-0.4, -0.2) is 40.5 Å². The first-order valence-corrected chi connectivity index (χ1v) is 7.28. The topological polar surface area (TPSA) is 98.6 Å². The molecule has 0 atom stereocenters. The van der Waals surface area contributed by atoms with Crippen molar-refractivity contribution in [3.05, 3.63) is 41.2 Å². The maximum atomic E-state index is 11.8. The minimum absolute atomic E-state index is 0.141. The van der Waals surface area contributed by atoms with E-state index >= 15 is 0 Å². The van der Waals surface area contributed by atoms with Crippen molar-refractivity contribution in [3.8, 4) is 5.75 Å². The van der Waals surface area contributed by atoms with Gasteiger partial charge in [-0.1, -0.05) is 5.16 Å². The van der Waals surface area contributed by atoms with E-state index < -0.39 is 5.91 Å². The first kappa shape index (κ1) is 17.3. The van der Waals surface area contributed by atoms with Crippen molar-refractivity contribution >= 4 is 17.6 Å². The van der Waals surface area contributed by atoms with Crippen molar-refractivity contribution in [1.82, 2.24) is 15.2 Å².